The van der Waals surface area contributed by atoms with Gasteiger partial charge in [-0.3, -0.25) is 0 Å². The van der Waals surface area contributed by atoms with Crippen LogP contribution in [0.1, 0.15) is 47.6 Å². The molecule has 0 amide bonds. The van der Waals surface area contributed by atoms with E-state index in [9.17, 15) is 0 Å². The maximum Gasteiger partial charge on any atom is -1.00 e. The van der Waals surface area contributed by atoms with Crippen molar-refractivity contribution >= 4 is 27.6 Å². The SMILES string of the molecule is CC1=Cc2c(-c3cc4ccccc4c4ccccc34)cccc2[CH]1[Zr+2]1([CH]2c3cc(C)ccc3-c3ccc(C)cc32)[CH2][CH2]1.[Cl-].[Cl-]. The summed E-state index contributed by atoms with van der Waals surface area (Å²) in [5.74, 6) is 0. The molecule has 0 radical (unpaired) electrons. The Morgan fingerprint density at radius 3 is 1.77 bits per heavy atom. The van der Waals surface area contributed by atoms with E-state index in [0.29, 0.717) is 7.25 Å². The Kier molecular flexibility index (Phi) is 7.33. The first-order valence-electron chi connectivity index (χ1n) is 15.5. The third-order valence-corrected chi connectivity index (χ3v) is 23.8. The van der Waals surface area contributed by atoms with Gasteiger partial charge in [-0.2, -0.15) is 0 Å². The molecule has 3 heteroatoms. The Labute approximate surface area is 277 Å². The molecule has 3 aliphatic rings. The van der Waals surface area contributed by atoms with Crippen LogP contribution >= 0.6 is 0 Å². The molecular weight excluding hydrogens is 655 g/mol. The van der Waals surface area contributed by atoms with Crippen molar-refractivity contribution < 1.29 is 45.1 Å². The van der Waals surface area contributed by atoms with Crippen LogP contribution in [-0.4, -0.2) is 0 Å². The third-order valence-electron chi connectivity index (χ3n) is 10.6. The van der Waals surface area contributed by atoms with Crippen molar-refractivity contribution in [3.63, 3.8) is 0 Å². The first-order chi connectivity index (χ1) is 20.5. The molecule has 2 aliphatic carbocycles. The van der Waals surface area contributed by atoms with Gasteiger partial charge in [0.2, 0.25) is 0 Å². The zero-order valence-electron chi connectivity index (χ0n) is 25.3. The smallest absolute Gasteiger partial charge is 1.00 e. The number of rotatable bonds is 3. The molecular formula is C41H34Cl2Zr. The fourth-order valence-corrected chi connectivity index (χ4v) is 26.2. The summed E-state index contributed by atoms with van der Waals surface area (Å²) in [6.45, 7) is 7.00. The minimum absolute atomic E-state index is 0. The minimum Gasteiger partial charge on any atom is -1.00 e. The van der Waals surface area contributed by atoms with Crippen molar-refractivity contribution in [1.29, 1.82) is 0 Å². The van der Waals surface area contributed by atoms with Crippen LogP contribution < -0.4 is 24.8 Å². The Balaban J connectivity index is 0.00000156. The van der Waals surface area contributed by atoms with Gasteiger partial charge in [0.05, 0.1) is 0 Å². The summed E-state index contributed by atoms with van der Waals surface area (Å²) in [6.07, 6.45) is 2.58. The van der Waals surface area contributed by atoms with Crippen LogP contribution in [0.15, 0.2) is 115 Å². The van der Waals surface area contributed by atoms with Gasteiger partial charge in [0, 0.05) is 0 Å². The van der Waals surface area contributed by atoms with Gasteiger partial charge in [0.15, 0.2) is 0 Å². The average Bonchev–Trinajstić information content (AvgIpc) is 3.61. The van der Waals surface area contributed by atoms with Crippen LogP contribution in [0.3, 0.4) is 0 Å². The second-order valence-corrected chi connectivity index (χ2v) is 24.5. The first-order valence-corrected chi connectivity index (χ1v) is 21.8. The summed E-state index contributed by atoms with van der Waals surface area (Å²) >= 11 is -2.74. The third kappa shape index (κ3) is 4.20. The van der Waals surface area contributed by atoms with Crippen LogP contribution in [0.5, 0.6) is 0 Å². The van der Waals surface area contributed by atoms with Crippen LogP contribution in [0.4, 0.5) is 0 Å². The van der Waals surface area contributed by atoms with E-state index in [-0.39, 0.29) is 24.8 Å². The van der Waals surface area contributed by atoms with Gasteiger partial charge < -0.3 is 24.8 Å². The van der Waals surface area contributed by atoms with E-state index in [2.05, 4.69) is 136 Å². The zero-order chi connectivity index (χ0) is 28.2. The average molecular weight is 689 g/mol. The Bertz CT molecular complexity index is 2100. The molecule has 1 fully saturated rings. The van der Waals surface area contributed by atoms with E-state index >= 15 is 0 Å². The van der Waals surface area contributed by atoms with E-state index < -0.39 is 20.3 Å². The fraction of sp³-hybridized carbons (Fsp3) is 0.171. The van der Waals surface area contributed by atoms with Gasteiger partial charge >= 0.3 is 255 Å². The number of aryl methyl sites for hydroxylation is 2. The largest absolute Gasteiger partial charge is 1.00 e. The van der Waals surface area contributed by atoms with Gasteiger partial charge in [0.25, 0.3) is 0 Å². The summed E-state index contributed by atoms with van der Waals surface area (Å²) in [5.41, 5.74) is 16.6. The quantitative estimate of drug-likeness (QED) is 0.215. The summed E-state index contributed by atoms with van der Waals surface area (Å²) in [5, 5.41) is 5.36. The van der Waals surface area contributed by atoms with Crippen molar-refractivity contribution in [1.82, 2.24) is 0 Å². The van der Waals surface area contributed by atoms with E-state index in [1.807, 2.05) is 0 Å². The minimum atomic E-state index is -2.74. The van der Waals surface area contributed by atoms with Gasteiger partial charge in [-0.1, -0.05) is 0 Å². The Morgan fingerprint density at radius 2 is 1.11 bits per heavy atom. The number of allylic oxidation sites excluding steroid dienone is 1. The van der Waals surface area contributed by atoms with Gasteiger partial charge in [-0.15, -0.1) is 0 Å². The predicted octanol–water partition coefficient (Wildman–Crippen LogP) is 5.52. The summed E-state index contributed by atoms with van der Waals surface area (Å²) < 4.78 is 4.26. The molecule has 0 spiro atoms. The maximum absolute atomic E-state index is 2.74. The fourth-order valence-electron chi connectivity index (χ4n) is 8.84. The van der Waals surface area contributed by atoms with Crippen molar-refractivity contribution in [3.8, 4) is 22.3 Å². The molecule has 9 rings (SSSR count). The molecule has 0 saturated carbocycles. The first kappa shape index (κ1) is 29.7. The molecule has 0 nitrogen and oxygen atoms in total. The summed E-state index contributed by atoms with van der Waals surface area (Å²) in [4.78, 5) is 0. The number of benzene rings is 6. The molecule has 1 atom stereocenters. The van der Waals surface area contributed by atoms with Crippen molar-refractivity contribution in [3.05, 3.63) is 148 Å². The number of hydrogen-bond acceptors (Lipinski definition) is 0. The van der Waals surface area contributed by atoms with Gasteiger partial charge in [-0.05, 0) is 0 Å². The maximum atomic E-state index is 2.58. The van der Waals surface area contributed by atoms with E-state index in [1.165, 1.54) is 68.7 Å². The molecule has 6 aromatic rings. The molecule has 0 aromatic heterocycles. The second-order valence-electron chi connectivity index (χ2n) is 13.2. The molecule has 44 heavy (non-hydrogen) atoms. The Hall–Kier alpha value is -2.96. The normalized spacial score (nSPS) is 16.6. The van der Waals surface area contributed by atoms with E-state index in [4.69, 9.17) is 0 Å². The molecule has 1 heterocycles. The van der Waals surface area contributed by atoms with Crippen molar-refractivity contribution in [2.24, 2.45) is 0 Å². The number of halogens is 2. The predicted molar refractivity (Wildman–Crippen MR) is 176 cm³/mol. The standard InChI is InChI=1S/C24H17.C15H13.C2H4.2ClH.Zr/c1-16-13-17-8-6-12-22(23(17)14-16)24-15-18-7-2-3-9-19(18)20-10-4-5-11-21(20)24;1-10-3-5-14-12(7-10)9-13-8-11(2)4-6-15(13)14;1-2;;;/h2-15H,1H3;3-9H,1-2H3;1-2H2;2*1H;/q;;;;;+2/p-2. The van der Waals surface area contributed by atoms with Crippen LogP contribution in [0.25, 0.3) is 49.9 Å². The molecule has 1 unspecified atom stereocenters. The zero-order valence-corrected chi connectivity index (χ0v) is 29.3. The molecule has 1 aliphatic heterocycles. The van der Waals surface area contributed by atoms with Crippen LogP contribution in [-0.2, 0) is 20.3 Å². The molecule has 6 aromatic carbocycles. The van der Waals surface area contributed by atoms with Crippen LogP contribution in [0, 0.1) is 13.8 Å². The van der Waals surface area contributed by atoms with E-state index in [1.54, 1.807) is 22.3 Å². The van der Waals surface area contributed by atoms with Crippen molar-refractivity contribution in [2.75, 3.05) is 0 Å². The summed E-state index contributed by atoms with van der Waals surface area (Å²) in [6, 6.07) is 42.0. The monoisotopic (exact) mass is 686 g/mol. The molecule has 0 bridgehead atoms. The molecule has 1 saturated heterocycles. The second kappa shape index (κ2) is 10.8. The van der Waals surface area contributed by atoms with Gasteiger partial charge in [0.1, 0.15) is 0 Å². The molecule has 0 N–H and O–H groups in total. The van der Waals surface area contributed by atoms with E-state index in [0.717, 1.165) is 0 Å². The number of fused-ring (bicyclic) bond motifs is 7. The number of hydrogen-bond donors (Lipinski definition) is 0. The summed E-state index contributed by atoms with van der Waals surface area (Å²) in [7, 11) is 0. The van der Waals surface area contributed by atoms with Gasteiger partial charge in [-0.25, -0.2) is 0 Å². The van der Waals surface area contributed by atoms with Crippen molar-refractivity contribution in [2.45, 2.75) is 36.3 Å². The Morgan fingerprint density at radius 1 is 0.500 bits per heavy atom. The van der Waals surface area contributed by atoms with Crippen LogP contribution in [0.2, 0.25) is 8.26 Å². The topological polar surface area (TPSA) is 0 Å². The molecule has 216 valence electrons.